The van der Waals surface area contributed by atoms with Gasteiger partial charge in [0.2, 0.25) is 0 Å². The van der Waals surface area contributed by atoms with Crippen molar-refractivity contribution in [3.8, 4) is 5.75 Å². The van der Waals surface area contributed by atoms with Crippen LogP contribution in [0.1, 0.15) is 32.0 Å². The van der Waals surface area contributed by atoms with E-state index in [4.69, 9.17) is 4.74 Å². The average molecular weight is 332 g/mol. The van der Waals surface area contributed by atoms with E-state index in [9.17, 15) is 19.8 Å². The van der Waals surface area contributed by atoms with Crippen LogP contribution in [0.2, 0.25) is 0 Å². The van der Waals surface area contributed by atoms with Gasteiger partial charge in [-0.25, -0.2) is 9.59 Å². The topological polar surface area (TPSA) is 103 Å². The third-order valence-electron chi connectivity index (χ3n) is 3.99. The van der Waals surface area contributed by atoms with Gasteiger partial charge in [0.15, 0.2) is 0 Å². The van der Waals surface area contributed by atoms with Crippen molar-refractivity contribution in [2.75, 3.05) is 0 Å². The fourth-order valence-electron chi connectivity index (χ4n) is 2.98. The first kappa shape index (κ1) is 16.2. The lowest BCUT2D eigenvalue weighted by atomic mass is 9.97. The minimum atomic E-state index is -1.08. The Kier molecular flexibility index (Phi) is 3.66. The number of benzene rings is 1. The summed E-state index contributed by atoms with van der Waals surface area (Å²) in [7, 11) is 0. The molecule has 7 heteroatoms. The van der Waals surface area contributed by atoms with Crippen LogP contribution < -0.4 is 0 Å². The number of nitrogens with one attached hydrogen (secondary N) is 1. The molecule has 1 amide bonds. The number of fused-ring (bicyclic) bond motifs is 3. The van der Waals surface area contributed by atoms with Crippen molar-refractivity contribution in [1.29, 1.82) is 0 Å². The molecule has 0 fully saturated rings. The summed E-state index contributed by atoms with van der Waals surface area (Å²) in [5, 5.41) is 20.0. The van der Waals surface area contributed by atoms with Crippen molar-refractivity contribution in [3.63, 3.8) is 0 Å². The van der Waals surface area contributed by atoms with Crippen LogP contribution in [0.5, 0.6) is 5.75 Å². The molecule has 2 aromatic rings. The number of aromatic hydroxyl groups is 1. The van der Waals surface area contributed by atoms with E-state index in [-0.39, 0.29) is 18.7 Å². The second-order valence-corrected chi connectivity index (χ2v) is 6.98. The zero-order valence-electron chi connectivity index (χ0n) is 13.8. The van der Waals surface area contributed by atoms with Crippen LogP contribution in [-0.4, -0.2) is 43.8 Å². The quantitative estimate of drug-likeness (QED) is 0.745. The molecule has 0 radical (unpaired) electrons. The molecule has 128 valence electrons. The molecule has 1 aliphatic rings. The Labute approximate surface area is 138 Å². The largest absolute Gasteiger partial charge is 0.508 e. The molecule has 1 aliphatic heterocycles. The van der Waals surface area contributed by atoms with Gasteiger partial charge in [-0.1, -0.05) is 0 Å². The number of rotatable bonds is 1. The number of nitrogens with zero attached hydrogens (tertiary/aromatic N) is 1. The van der Waals surface area contributed by atoms with E-state index in [2.05, 4.69) is 4.98 Å². The number of hydrogen-bond donors (Lipinski definition) is 3. The van der Waals surface area contributed by atoms with Crippen molar-refractivity contribution in [3.05, 3.63) is 29.5 Å². The number of aliphatic carboxylic acids is 1. The van der Waals surface area contributed by atoms with E-state index in [1.54, 1.807) is 39.0 Å². The molecule has 24 heavy (non-hydrogen) atoms. The van der Waals surface area contributed by atoms with Crippen molar-refractivity contribution >= 4 is 23.0 Å². The maximum Gasteiger partial charge on any atom is 0.411 e. The summed E-state index contributed by atoms with van der Waals surface area (Å²) in [6.07, 6.45) is -0.491. The first-order valence-corrected chi connectivity index (χ1v) is 7.70. The predicted molar refractivity (Wildman–Crippen MR) is 86.9 cm³/mol. The lowest BCUT2D eigenvalue weighted by Crippen LogP contribution is -2.50. The minimum Gasteiger partial charge on any atom is -0.508 e. The molecule has 1 aromatic heterocycles. The summed E-state index contributed by atoms with van der Waals surface area (Å²) in [6, 6.07) is 3.89. The highest BCUT2D eigenvalue weighted by molar-refractivity contribution is 5.89. The van der Waals surface area contributed by atoms with E-state index in [1.165, 1.54) is 4.90 Å². The van der Waals surface area contributed by atoms with Crippen LogP contribution in [0.15, 0.2) is 18.2 Å². The summed E-state index contributed by atoms with van der Waals surface area (Å²) in [4.78, 5) is 28.5. The predicted octanol–water partition coefficient (Wildman–Crippen LogP) is 2.62. The summed E-state index contributed by atoms with van der Waals surface area (Å²) >= 11 is 0. The molecular formula is C17H20N2O5. The Hall–Kier alpha value is -2.70. The van der Waals surface area contributed by atoms with Crippen LogP contribution in [0.3, 0.4) is 0 Å². The standard InChI is InChI=1S/C17H20N2O5/c1-17(2,3)24-16(23)19-8-13-11(7-14(19)15(21)22)10-6-9(20)4-5-12(10)18-13/h4-6,14,18,20H,7-8H2,1-3H3,(H,21,22). The monoisotopic (exact) mass is 332 g/mol. The maximum atomic E-state index is 12.4. The van der Waals surface area contributed by atoms with Gasteiger partial charge in [0.1, 0.15) is 17.4 Å². The summed E-state index contributed by atoms with van der Waals surface area (Å²) in [5.74, 6) is -0.966. The number of carbonyl (C=O) groups excluding carboxylic acids is 1. The molecule has 7 nitrogen and oxygen atoms in total. The summed E-state index contributed by atoms with van der Waals surface area (Å²) < 4.78 is 5.34. The first-order chi connectivity index (χ1) is 11.2. The maximum absolute atomic E-state index is 12.4. The Morgan fingerprint density at radius 3 is 2.67 bits per heavy atom. The highest BCUT2D eigenvalue weighted by Crippen LogP contribution is 2.33. The second-order valence-electron chi connectivity index (χ2n) is 6.98. The third kappa shape index (κ3) is 2.89. The second kappa shape index (κ2) is 5.43. The van der Waals surface area contributed by atoms with Crippen LogP contribution in [0, 0.1) is 0 Å². The number of carboxylic acids is 1. The van der Waals surface area contributed by atoms with Gasteiger partial charge in [-0.3, -0.25) is 4.90 Å². The summed E-state index contributed by atoms with van der Waals surface area (Å²) in [5.41, 5.74) is 1.67. The third-order valence-corrected chi connectivity index (χ3v) is 3.99. The number of ether oxygens (including phenoxy) is 1. The van der Waals surface area contributed by atoms with Crippen molar-refractivity contribution in [2.24, 2.45) is 0 Å². The molecule has 0 spiro atoms. The molecule has 0 aliphatic carbocycles. The summed E-state index contributed by atoms with van der Waals surface area (Å²) in [6.45, 7) is 5.34. The van der Waals surface area contributed by atoms with Gasteiger partial charge in [-0.2, -0.15) is 0 Å². The van der Waals surface area contributed by atoms with Gasteiger partial charge in [-0.15, -0.1) is 0 Å². The molecule has 2 heterocycles. The molecule has 0 saturated heterocycles. The van der Waals surface area contributed by atoms with Crippen molar-refractivity contribution < 1.29 is 24.5 Å². The molecule has 0 saturated carbocycles. The van der Waals surface area contributed by atoms with Crippen molar-refractivity contribution in [1.82, 2.24) is 9.88 Å². The Morgan fingerprint density at radius 1 is 1.33 bits per heavy atom. The van der Waals surface area contributed by atoms with E-state index >= 15 is 0 Å². The fourth-order valence-corrected chi connectivity index (χ4v) is 2.98. The molecule has 3 rings (SSSR count). The van der Waals surface area contributed by atoms with Gasteiger partial charge >= 0.3 is 12.1 Å². The van der Waals surface area contributed by atoms with E-state index in [0.717, 1.165) is 22.2 Å². The Bertz CT molecular complexity index is 818. The Morgan fingerprint density at radius 2 is 2.04 bits per heavy atom. The molecule has 1 atom stereocenters. The number of hydrogen-bond acceptors (Lipinski definition) is 4. The minimum absolute atomic E-state index is 0.116. The molecule has 1 unspecified atom stereocenters. The Balaban J connectivity index is 2.00. The number of phenols is 1. The smallest absolute Gasteiger partial charge is 0.411 e. The molecule has 1 aromatic carbocycles. The lowest BCUT2D eigenvalue weighted by molar-refractivity contribution is -0.143. The number of H-pyrrole nitrogens is 1. The van der Waals surface area contributed by atoms with Crippen LogP contribution in [0.4, 0.5) is 4.79 Å². The first-order valence-electron chi connectivity index (χ1n) is 7.70. The zero-order chi connectivity index (χ0) is 17.6. The van der Waals surface area contributed by atoms with Gasteiger partial charge in [0, 0.05) is 23.0 Å². The molecular weight excluding hydrogens is 312 g/mol. The average Bonchev–Trinajstić information content (AvgIpc) is 2.81. The number of aromatic amines is 1. The van der Waals surface area contributed by atoms with E-state index < -0.39 is 23.7 Å². The normalized spacial score (nSPS) is 17.6. The van der Waals surface area contributed by atoms with E-state index in [1.807, 2.05) is 0 Å². The lowest BCUT2D eigenvalue weighted by Gasteiger charge is -2.34. The number of aromatic nitrogens is 1. The zero-order valence-corrected chi connectivity index (χ0v) is 13.8. The number of amides is 1. The number of carboxylic acid groups (broad SMARTS) is 1. The van der Waals surface area contributed by atoms with Gasteiger partial charge in [-0.05, 0) is 44.5 Å². The number of phenolic OH excluding ortho intramolecular Hbond substituents is 1. The van der Waals surface area contributed by atoms with Crippen LogP contribution in [0.25, 0.3) is 10.9 Å². The highest BCUT2D eigenvalue weighted by Gasteiger charge is 2.38. The highest BCUT2D eigenvalue weighted by atomic mass is 16.6. The SMILES string of the molecule is CC(C)(C)OC(=O)N1Cc2[nH]c3ccc(O)cc3c2CC1C(=O)O. The van der Waals surface area contributed by atoms with Gasteiger partial charge < -0.3 is 19.9 Å². The van der Waals surface area contributed by atoms with Crippen LogP contribution in [-0.2, 0) is 22.5 Å². The van der Waals surface area contributed by atoms with E-state index in [0.29, 0.717) is 0 Å². The van der Waals surface area contributed by atoms with Gasteiger partial charge in [0.25, 0.3) is 0 Å². The fraction of sp³-hybridized carbons (Fsp3) is 0.412. The number of carbonyl (C=O) groups is 2. The van der Waals surface area contributed by atoms with Crippen LogP contribution >= 0.6 is 0 Å². The van der Waals surface area contributed by atoms with Crippen molar-refractivity contribution in [2.45, 2.75) is 45.4 Å². The van der Waals surface area contributed by atoms with Gasteiger partial charge in [0.05, 0.1) is 6.54 Å². The molecule has 3 N–H and O–H groups in total. The molecule has 0 bridgehead atoms.